The van der Waals surface area contributed by atoms with Gasteiger partial charge in [0.1, 0.15) is 17.1 Å². The molecule has 178 valence electrons. The molecule has 0 atom stereocenters. The number of carbonyl (C=O) groups excluding carboxylic acids is 1. The minimum absolute atomic E-state index is 0.00515. The number of halogens is 2. The summed E-state index contributed by atoms with van der Waals surface area (Å²) in [5.41, 5.74) is 2.60. The van der Waals surface area contributed by atoms with Gasteiger partial charge in [0, 0.05) is 48.3 Å². The second-order valence-electron chi connectivity index (χ2n) is 8.66. The second-order valence-corrected chi connectivity index (χ2v) is 9.09. The zero-order chi connectivity index (χ0) is 23.5. The summed E-state index contributed by atoms with van der Waals surface area (Å²) >= 11 is 5.78. The van der Waals surface area contributed by atoms with E-state index in [4.69, 9.17) is 21.1 Å². The Bertz CT molecular complexity index is 1180. The van der Waals surface area contributed by atoms with Crippen molar-refractivity contribution >= 4 is 34.2 Å². The molecule has 0 unspecified atom stereocenters. The van der Waals surface area contributed by atoms with Crippen LogP contribution in [0.5, 0.6) is 5.75 Å². The van der Waals surface area contributed by atoms with Crippen molar-refractivity contribution in [1.82, 2.24) is 15.3 Å². The molecular formula is C25H26ClFN4O3. The molecule has 0 spiro atoms. The quantitative estimate of drug-likeness (QED) is 0.579. The van der Waals surface area contributed by atoms with Gasteiger partial charge in [0.15, 0.2) is 0 Å². The summed E-state index contributed by atoms with van der Waals surface area (Å²) in [6, 6.07) is 8.14. The van der Waals surface area contributed by atoms with Crippen molar-refractivity contribution in [3.8, 4) is 5.75 Å². The van der Waals surface area contributed by atoms with E-state index in [0.717, 1.165) is 67.3 Å². The van der Waals surface area contributed by atoms with E-state index in [-0.39, 0.29) is 22.7 Å². The van der Waals surface area contributed by atoms with Gasteiger partial charge in [-0.15, -0.1) is 0 Å². The highest BCUT2D eigenvalue weighted by molar-refractivity contribution is 6.30. The molecule has 1 saturated heterocycles. The summed E-state index contributed by atoms with van der Waals surface area (Å²) in [5.74, 6) is -0.309. The van der Waals surface area contributed by atoms with Gasteiger partial charge < -0.3 is 19.7 Å². The molecule has 0 bridgehead atoms. The van der Waals surface area contributed by atoms with Crippen LogP contribution in [0, 0.1) is 5.82 Å². The lowest BCUT2D eigenvalue weighted by Gasteiger charge is -2.31. The first kappa shape index (κ1) is 22.8. The average molecular weight is 485 g/mol. The molecule has 0 radical (unpaired) electrons. The molecule has 1 aliphatic carbocycles. The van der Waals surface area contributed by atoms with E-state index in [0.29, 0.717) is 13.2 Å². The predicted molar refractivity (Wildman–Crippen MR) is 128 cm³/mol. The number of nitrogens with zero attached hydrogens (tertiary/aromatic N) is 3. The van der Waals surface area contributed by atoms with Crippen LogP contribution < -0.4 is 15.0 Å². The standard InChI is InChI=1S/C25H26ClFN4O3/c26-16-1-6-20(21(27)13-16)25(32)30-17-2-4-19(5-3-17)34-23-15-18(31-9-11-33-12-10-31)14-22-24(23)29-8-7-28-22/h1,6-8,13-15,17,19H,2-5,9-12H2,(H,30,32)/t17-,19+. The largest absolute Gasteiger partial charge is 0.488 e. The number of hydrogen-bond donors (Lipinski definition) is 1. The zero-order valence-electron chi connectivity index (χ0n) is 18.7. The van der Waals surface area contributed by atoms with Crippen LogP contribution >= 0.6 is 11.6 Å². The predicted octanol–water partition coefficient (Wildman–Crippen LogP) is 4.38. The molecule has 2 fully saturated rings. The fourth-order valence-electron chi connectivity index (χ4n) is 4.56. The van der Waals surface area contributed by atoms with Crippen molar-refractivity contribution in [2.75, 3.05) is 31.2 Å². The highest BCUT2D eigenvalue weighted by Gasteiger charge is 2.26. The molecule has 2 heterocycles. The van der Waals surface area contributed by atoms with Gasteiger partial charge in [-0.1, -0.05) is 11.6 Å². The number of amides is 1. The smallest absolute Gasteiger partial charge is 0.254 e. The number of benzene rings is 2. The van der Waals surface area contributed by atoms with Crippen LogP contribution in [0.4, 0.5) is 10.1 Å². The summed E-state index contributed by atoms with van der Waals surface area (Å²) in [5, 5.41) is 3.21. The molecular weight excluding hydrogens is 459 g/mol. The van der Waals surface area contributed by atoms with E-state index < -0.39 is 11.7 Å². The van der Waals surface area contributed by atoms with Crippen molar-refractivity contribution in [1.29, 1.82) is 0 Å². The van der Waals surface area contributed by atoms with Crippen molar-refractivity contribution in [3.05, 3.63) is 59.1 Å². The highest BCUT2D eigenvalue weighted by atomic mass is 35.5. The number of fused-ring (bicyclic) bond motifs is 1. The zero-order valence-corrected chi connectivity index (χ0v) is 19.4. The van der Waals surface area contributed by atoms with E-state index in [2.05, 4.69) is 20.2 Å². The molecule has 1 N–H and O–H groups in total. The van der Waals surface area contributed by atoms with Gasteiger partial charge in [0.2, 0.25) is 0 Å². The summed E-state index contributed by atoms with van der Waals surface area (Å²) in [4.78, 5) is 23.8. The molecule has 5 rings (SSSR count). The summed E-state index contributed by atoms with van der Waals surface area (Å²) in [6.45, 7) is 3.04. The number of anilines is 1. The third-order valence-corrected chi connectivity index (χ3v) is 6.61. The molecule has 2 aliphatic rings. The Balaban J connectivity index is 1.24. The Hall–Kier alpha value is -2.97. The Kier molecular flexibility index (Phi) is 6.78. The lowest BCUT2D eigenvalue weighted by atomic mass is 9.92. The van der Waals surface area contributed by atoms with Crippen molar-refractivity contribution in [2.24, 2.45) is 0 Å². The van der Waals surface area contributed by atoms with Crippen LogP contribution in [-0.2, 0) is 4.74 Å². The number of carbonyl (C=O) groups is 1. The van der Waals surface area contributed by atoms with E-state index >= 15 is 0 Å². The third kappa shape index (κ3) is 5.08. The number of hydrogen-bond acceptors (Lipinski definition) is 6. The minimum atomic E-state index is -0.616. The molecule has 1 saturated carbocycles. The minimum Gasteiger partial charge on any atom is -0.488 e. The van der Waals surface area contributed by atoms with Crippen LogP contribution in [0.2, 0.25) is 5.02 Å². The summed E-state index contributed by atoms with van der Waals surface area (Å²) < 4.78 is 26.0. The van der Waals surface area contributed by atoms with Gasteiger partial charge in [-0.3, -0.25) is 9.78 Å². The van der Waals surface area contributed by atoms with Gasteiger partial charge in [0.25, 0.3) is 5.91 Å². The normalized spacial score (nSPS) is 20.8. The van der Waals surface area contributed by atoms with Crippen LogP contribution in [0.25, 0.3) is 11.0 Å². The first-order chi connectivity index (χ1) is 16.6. The van der Waals surface area contributed by atoms with Gasteiger partial charge in [0.05, 0.1) is 30.4 Å². The van der Waals surface area contributed by atoms with Crippen molar-refractivity contribution in [3.63, 3.8) is 0 Å². The lowest BCUT2D eigenvalue weighted by Crippen LogP contribution is -2.40. The monoisotopic (exact) mass is 484 g/mol. The highest BCUT2D eigenvalue weighted by Crippen LogP contribution is 2.33. The average Bonchev–Trinajstić information content (AvgIpc) is 2.85. The fraction of sp³-hybridized carbons (Fsp3) is 0.400. The van der Waals surface area contributed by atoms with Gasteiger partial charge in [-0.25, -0.2) is 9.37 Å². The van der Waals surface area contributed by atoms with Crippen LogP contribution in [0.15, 0.2) is 42.7 Å². The van der Waals surface area contributed by atoms with Crippen LogP contribution in [0.3, 0.4) is 0 Å². The number of rotatable bonds is 5. The van der Waals surface area contributed by atoms with Gasteiger partial charge in [-0.05, 0) is 49.9 Å². The topological polar surface area (TPSA) is 76.6 Å². The summed E-state index contributed by atoms with van der Waals surface area (Å²) in [7, 11) is 0. The molecule has 7 nitrogen and oxygen atoms in total. The SMILES string of the molecule is O=C(N[C@H]1CC[C@@H](Oc2cc(N3CCOCC3)cc3nccnc23)CC1)c1ccc(Cl)cc1F. The molecule has 34 heavy (non-hydrogen) atoms. The molecule has 2 aromatic carbocycles. The van der Waals surface area contributed by atoms with Crippen LogP contribution in [0.1, 0.15) is 36.0 Å². The summed E-state index contributed by atoms with van der Waals surface area (Å²) in [6.07, 6.45) is 6.41. The number of morpholine rings is 1. The Labute approximate surface area is 202 Å². The third-order valence-electron chi connectivity index (χ3n) is 6.38. The van der Waals surface area contributed by atoms with Gasteiger partial charge in [-0.2, -0.15) is 0 Å². The van der Waals surface area contributed by atoms with E-state index in [1.165, 1.54) is 12.1 Å². The Morgan fingerprint density at radius 1 is 1.09 bits per heavy atom. The van der Waals surface area contributed by atoms with Crippen molar-refractivity contribution in [2.45, 2.75) is 37.8 Å². The molecule has 1 amide bonds. The molecule has 1 aliphatic heterocycles. The lowest BCUT2D eigenvalue weighted by molar-refractivity contribution is 0.0891. The first-order valence-electron chi connectivity index (χ1n) is 11.6. The first-order valence-corrected chi connectivity index (χ1v) is 11.9. The number of ether oxygens (including phenoxy) is 2. The molecule has 1 aromatic heterocycles. The fourth-order valence-corrected chi connectivity index (χ4v) is 4.72. The molecule has 9 heteroatoms. The second kappa shape index (κ2) is 10.1. The van der Waals surface area contributed by atoms with Crippen molar-refractivity contribution < 1.29 is 18.7 Å². The number of nitrogens with one attached hydrogen (secondary N) is 1. The van der Waals surface area contributed by atoms with E-state index in [1.54, 1.807) is 12.4 Å². The van der Waals surface area contributed by atoms with E-state index in [9.17, 15) is 9.18 Å². The molecule has 3 aromatic rings. The maximum absolute atomic E-state index is 14.1. The Morgan fingerprint density at radius 2 is 1.85 bits per heavy atom. The number of aromatic nitrogens is 2. The van der Waals surface area contributed by atoms with Gasteiger partial charge >= 0.3 is 0 Å². The maximum Gasteiger partial charge on any atom is 0.254 e. The Morgan fingerprint density at radius 3 is 2.62 bits per heavy atom. The maximum atomic E-state index is 14.1. The van der Waals surface area contributed by atoms with Crippen LogP contribution in [-0.4, -0.2) is 54.3 Å². The van der Waals surface area contributed by atoms with E-state index in [1.807, 2.05) is 12.1 Å².